The quantitative estimate of drug-likeness (QED) is 0.850. The zero-order valence-corrected chi connectivity index (χ0v) is 10.2. The summed E-state index contributed by atoms with van der Waals surface area (Å²) in [6.07, 6.45) is 4.38. The third kappa shape index (κ3) is 3.48. The highest BCUT2D eigenvalue weighted by Crippen LogP contribution is 2.23. The van der Waals surface area contributed by atoms with Gasteiger partial charge in [-0.15, -0.1) is 0 Å². The molecule has 1 aromatic rings. The van der Waals surface area contributed by atoms with Crippen molar-refractivity contribution in [1.82, 2.24) is 5.32 Å². The first-order valence-corrected chi connectivity index (χ1v) is 6.29. The minimum absolute atomic E-state index is 0.264. The molecule has 17 heavy (non-hydrogen) atoms. The fourth-order valence-corrected chi connectivity index (χ4v) is 2.31. The van der Waals surface area contributed by atoms with Gasteiger partial charge in [-0.2, -0.15) is 0 Å². The van der Waals surface area contributed by atoms with Gasteiger partial charge in [0.1, 0.15) is 5.75 Å². The predicted octanol–water partition coefficient (Wildman–Crippen LogP) is 3.35. The molecule has 2 atom stereocenters. The Morgan fingerprint density at radius 2 is 1.94 bits per heavy atom. The zero-order valence-electron chi connectivity index (χ0n) is 10.2. The van der Waals surface area contributed by atoms with E-state index in [1.54, 1.807) is 12.1 Å². The van der Waals surface area contributed by atoms with Gasteiger partial charge in [-0.05, 0) is 30.9 Å². The van der Waals surface area contributed by atoms with Crippen LogP contribution in [0.3, 0.4) is 0 Å². The van der Waals surface area contributed by atoms with Crippen molar-refractivity contribution in [3.05, 3.63) is 30.3 Å². The van der Waals surface area contributed by atoms with Crippen molar-refractivity contribution in [3.8, 4) is 5.75 Å². The molecule has 1 aromatic carbocycles. The van der Waals surface area contributed by atoms with Gasteiger partial charge in [-0.3, -0.25) is 0 Å². The van der Waals surface area contributed by atoms with Crippen molar-refractivity contribution in [2.45, 2.75) is 38.6 Å². The molecular weight excluding hydrogens is 214 g/mol. The molecule has 0 spiro atoms. The number of para-hydroxylation sites is 1. The SMILES string of the molecule is CC1CCCCC1NC(=O)Oc1ccccc1. The van der Waals surface area contributed by atoms with Gasteiger partial charge >= 0.3 is 6.09 Å². The summed E-state index contributed by atoms with van der Waals surface area (Å²) < 4.78 is 5.22. The van der Waals surface area contributed by atoms with Crippen LogP contribution in [0.2, 0.25) is 0 Å². The van der Waals surface area contributed by atoms with Crippen molar-refractivity contribution in [2.75, 3.05) is 0 Å². The molecule has 1 saturated carbocycles. The Morgan fingerprint density at radius 3 is 2.65 bits per heavy atom. The zero-order chi connectivity index (χ0) is 12.1. The smallest absolute Gasteiger partial charge is 0.410 e. The molecule has 2 rings (SSSR count). The molecule has 0 heterocycles. The number of carbonyl (C=O) groups is 1. The van der Waals surface area contributed by atoms with Gasteiger partial charge in [0, 0.05) is 6.04 Å². The third-order valence-corrected chi connectivity index (χ3v) is 3.37. The molecule has 1 N–H and O–H groups in total. The lowest BCUT2D eigenvalue weighted by atomic mass is 9.86. The van der Waals surface area contributed by atoms with E-state index in [-0.39, 0.29) is 12.1 Å². The van der Waals surface area contributed by atoms with E-state index in [2.05, 4.69) is 12.2 Å². The normalized spacial score (nSPS) is 24.1. The van der Waals surface area contributed by atoms with Crippen LogP contribution in [-0.4, -0.2) is 12.1 Å². The van der Waals surface area contributed by atoms with E-state index in [0.29, 0.717) is 11.7 Å². The molecule has 0 bridgehead atoms. The number of nitrogens with one attached hydrogen (secondary N) is 1. The Morgan fingerprint density at radius 1 is 1.24 bits per heavy atom. The van der Waals surface area contributed by atoms with E-state index in [9.17, 15) is 4.79 Å². The molecule has 0 radical (unpaired) electrons. The second-order valence-electron chi connectivity index (χ2n) is 4.72. The summed E-state index contributed by atoms with van der Waals surface area (Å²) in [6.45, 7) is 2.19. The summed E-state index contributed by atoms with van der Waals surface area (Å²) in [5, 5.41) is 2.96. The number of benzene rings is 1. The van der Waals surface area contributed by atoms with Crippen LogP contribution in [-0.2, 0) is 0 Å². The number of carbonyl (C=O) groups excluding carboxylic acids is 1. The third-order valence-electron chi connectivity index (χ3n) is 3.37. The maximum absolute atomic E-state index is 11.7. The number of ether oxygens (including phenoxy) is 1. The lowest BCUT2D eigenvalue weighted by molar-refractivity contribution is 0.183. The average Bonchev–Trinajstić information content (AvgIpc) is 2.33. The number of hydrogen-bond donors (Lipinski definition) is 1. The Kier molecular flexibility index (Phi) is 4.02. The van der Waals surface area contributed by atoms with E-state index < -0.39 is 0 Å². The first-order valence-electron chi connectivity index (χ1n) is 6.29. The second kappa shape index (κ2) is 5.71. The number of rotatable bonds is 2. The van der Waals surface area contributed by atoms with Gasteiger partial charge in [0.05, 0.1) is 0 Å². The molecule has 1 fully saturated rings. The van der Waals surface area contributed by atoms with Gasteiger partial charge in [0.15, 0.2) is 0 Å². The molecule has 2 unspecified atom stereocenters. The summed E-state index contributed by atoms with van der Waals surface area (Å²) in [5.74, 6) is 1.14. The Labute approximate surface area is 102 Å². The molecular formula is C14H19NO2. The summed E-state index contributed by atoms with van der Waals surface area (Å²) in [6, 6.07) is 9.43. The van der Waals surface area contributed by atoms with Gasteiger partial charge in [0.25, 0.3) is 0 Å². The minimum Gasteiger partial charge on any atom is -0.410 e. The Hall–Kier alpha value is -1.51. The van der Waals surface area contributed by atoms with Gasteiger partial charge in [-0.1, -0.05) is 38.0 Å². The topological polar surface area (TPSA) is 38.3 Å². The fourth-order valence-electron chi connectivity index (χ4n) is 2.31. The standard InChI is InChI=1S/C14H19NO2/c1-11-7-5-6-10-13(11)15-14(16)17-12-8-3-2-4-9-12/h2-4,8-9,11,13H,5-7,10H2,1H3,(H,15,16). The minimum atomic E-state index is -0.338. The van der Waals surface area contributed by atoms with E-state index in [0.717, 1.165) is 6.42 Å². The van der Waals surface area contributed by atoms with Crippen LogP contribution in [0.1, 0.15) is 32.6 Å². The van der Waals surface area contributed by atoms with Crippen LogP contribution >= 0.6 is 0 Å². The molecule has 1 aliphatic carbocycles. The van der Waals surface area contributed by atoms with E-state index in [1.165, 1.54) is 19.3 Å². The van der Waals surface area contributed by atoms with Crippen LogP contribution in [0.15, 0.2) is 30.3 Å². The van der Waals surface area contributed by atoms with E-state index in [4.69, 9.17) is 4.74 Å². The molecule has 0 saturated heterocycles. The predicted molar refractivity (Wildman–Crippen MR) is 67.0 cm³/mol. The van der Waals surface area contributed by atoms with E-state index in [1.807, 2.05) is 18.2 Å². The van der Waals surface area contributed by atoms with Crippen molar-refractivity contribution in [1.29, 1.82) is 0 Å². The molecule has 0 aliphatic heterocycles. The largest absolute Gasteiger partial charge is 0.412 e. The number of hydrogen-bond acceptors (Lipinski definition) is 2. The second-order valence-corrected chi connectivity index (χ2v) is 4.72. The molecule has 3 heteroatoms. The van der Waals surface area contributed by atoms with Gasteiger partial charge in [-0.25, -0.2) is 4.79 Å². The summed E-state index contributed by atoms with van der Waals surface area (Å²) >= 11 is 0. The molecule has 3 nitrogen and oxygen atoms in total. The molecule has 1 amide bonds. The molecule has 1 aliphatic rings. The van der Waals surface area contributed by atoms with Crippen molar-refractivity contribution in [2.24, 2.45) is 5.92 Å². The Balaban J connectivity index is 1.84. The van der Waals surface area contributed by atoms with Crippen LogP contribution < -0.4 is 10.1 Å². The van der Waals surface area contributed by atoms with Crippen LogP contribution in [0.25, 0.3) is 0 Å². The van der Waals surface area contributed by atoms with Crippen molar-refractivity contribution >= 4 is 6.09 Å². The first-order chi connectivity index (χ1) is 8.25. The average molecular weight is 233 g/mol. The lowest BCUT2D eigenvalue weighted by Crippen LogP contribution is -2.42. The summed E-state index contributed by atoms with van der Waals surface area (Å²) in [5.41, 5.74) is 0. The summed E-state index contributed by atoms with van der Waals surface area (Å²) in [4.78, 5) is 11.7. The van der Waals surface area contributed by atoms with Crippen LogP contribution in [0.4, 0.5) is 4.79 Å². The number of amides is 1. The molecule has 92 valence electrons. The van der Waals surface area contributed by atoms with Crippen molar-refractivity contribution < 1.29 is 9.53 Å². The highest BCUT2D eigenvalue weighted by Gasteiger charge is 2.23. The summed E-state index contributed by atoms with van der Waals surface area (Å²) in [7, 11) is 0. The van der Waals surface area contributed by atoms with Gasteiger partial charge < -0.3 is 10.1 Å². The Bertz CT molecular complexity index is 364. The van der Waals surface area contributed by atoms with Crippen molar-refractivity contribution in [3.63, 3.8) is 0 Å². The fraction of sp³-hybridized carbons (Fsp3) is 0.500. The monoisotopic (exact) mass is 233 g/mol. The van der Waals surface area contributed by atoms with Crippen LogP contribution in [0.5, 0.6) is 5.75 Å². The van der Waals surface area contributed by atoms with E-state index >= 15 is 0 Å². The van der Waals surface area contributed by atoms with Gasteiger partial charge in [0.2, 0.25) is 0 Å². The highest BCUT2D eigenvalue weighted by atomic mass is 16.6. The van der Waals surface area contributed by atoms with Crippen LogP contribution in [0, 0.1) is 5.92 Å². The first kappa shape index (κ1) is 12.0. The maximum atomic E-state index is 11.7. The highest BCUT2D eigenvalue weighted by molar-refractivity contribution is 5.70. The molecule has 0 aromatic heterocycles. The maximum Gasteiger partial charge on any atom is 0.412 e. The lowest BCUT2D eigenvalue weighted by Gasteiger charge is -2.28.